The minimum atomic E-state index is -0.785. The van der Waals surface area contributed by atoms with Crippen molar-refractivity contribution in [3.8, 4) is 5.88 Å². The molecule has 2 N–H and O–H groups in total. The molecule has 0 spiro atoms. The van der Waals surface area contributed by atoms with Gasteiger partial charge in [0.2, 0.25) is 11.8 Å². The fraction of sp³-hybridized carbons (Fsp3) is 0.400. The second kappa shape index (κ2) is 9.82. The number of rotatable bonds is 5. The second-order valence-electron chi connectivity index (χ2n) is 8.71. The largest absolute Gasteiger partial charge is 0.474 e. The summed E-state index contributed by atoms with van der Waals surface area (Å²) in [6.45, 7) is 2.39. The van der Waals surface area contributed by atoms with Crippen LogP contribution in [0.15, 0.2) is 54.6 Å². The van der Waals surface area contributed by atoms with Crippen molar-refractivity contribution >= 4 is 22.9 Å². The molecule has 2 heterocycles. The zero-order valence-corrected chi connectivity index (χ0v) is 18.8. The third-order valence-electron chi connectivity index (χ3n) is 6.31. The molecule has 0 bridgehead atoms. The average molecular weight is 465 g/mol. The molecule has 2 aliphatic rings. The van der Waals surface area contributed by atoms with Crippen LogP contribution < -0.4 is 9.64 Å². The Morgan fingerprint density at radius 1 is 0.912 bits per heavy atom. The highest BCUT2D eigenvalue weighted by Crippen LogP contribution is 2.30. The molecule has 1 saturated carbocycles. The lowest BCUT2D eigenvalue weighted by Gasteiger charge is -2.34. The molecule has 0 unspecified atom stereocenters. The molecule has 1 aliphatic carbocycles. The van der Waals surface area contributed by atoms with Gasteiger partial charge in [0, 0.05) is 39.0 Å². The number of aliphatic hydroxyl groups excluding tert-OH is 2. The Hall–Kier alpha value is -3.43. The number of para-hydroxylation sites is 1. The first-order chi connectivity index (χ1) is 16.6. The maximum absolute atomic E-state index is 12.5. The Labute approximate surface area is 197 Å². The Morgan fingerprint density at radius 2 is 1.59 bits per heavy atom. The fourth-order valence-electron chi connectivity index (χ4n) is 4.37. The van der Waals surface area contributed by atoms with Crippen molar-refractivity contribution < 1.29 is 24.5 Å². The smallest absolute Gasteiger partial charge is 0.410 e. The van der Waals surface area contributed by atoms with E-state index in [0.29, 0.717) is 50.8 Å². The van der Waals surface area contributed by atoms with E-state index < -0.39 is 12.2 Å². The summed E-state index contributed by atoms with van der Waals surface area (Å²) in [5, 5.41) is 20.5. The van der Waals surface area contributed by atoms with Crippen LogP contribution in [0.1, 0.15) is 18.4 Å². The number of amides is 1. The Balaban J connectivity index is 1.25. The Bertz CT molecular complexity index is 1130. The van der Waals surface area contributed by atoms with Crippen molar-refractivity contribution in [1.82, 2.24) is 14.9 Å². The van der Waals surface area contributed by atoms with E-state index in [0.717, 1.165) is 16.5 Å². The number of nitrogens with zero attached hydrogens (tertiary/aromatic N) is 4. The van der Waals surface area contributed by atoms with E-state index >= 15 is 0 Å². The first-order valence-electron chi connectivity index (χ1n) is 11.6. The molecule has 1 aromatic heterocycles. The van der Waals surface area contributed by atoms with Crippen molar-refractivity contribution in [1.29, 1.82) is 0 Å². The summed E-state index contributed by atoms with van der Waals surface area (Å²) < 4.78 is 11.6. The topological polar surface area (TPSA) is 108 Å². The number of carbonyl (C=O) groups excluding carboxylic acids is 1. The molecule has 1 aliphatic heterocycles. The highest BCUT2D eigenvalue weighted by atomic mass is 16.6. The predicted octanol–water partition coefficient (Wildman–Crippen LogP) is 2.35. The van der Waals surface area contributed by atoms with Crippen molar-refractivity contribution in [2.45, 2.75) is 37.8 Å². The van der Waals surface area contributed by atoms with Gasteiger partial charge in [0.05, 0.1) is 23.1 Å². The third-order valence-corrected chi connectivity index (χ3v) is 6.31. The first-order valence-corrected chi connectivity index (χ1v) is 11.6. The van der Waals surface area contributed by atoms with E-state index in [1.807, 2.05) is 59.5 Å². The molecule has 178 valence electrons. The van der Waals surface area contributed by atoms with Gasteiger partial charge in [-0.1, -0.05) is 42.5 Å². The summed E-state index contributed by atoms with van der Waals surface area (Å²) in [4.78, 5) is 25.6. The van der Waals surface area contributed by atoms with Crippen LogP contribution in [0.25, 0.3) is 10.9 Å². The summed E-state index contributed by atoms with van der Waals surface area (Å²) in [5.41, 5.74) is 1.71. The van der Waals surface area contributed by atoms with Crippen LogP contribution in [0.5, 0.6) is 5.88 Å². The number of anilines is 1. The Kier molecular flexibility index (Phi) is 6.46. The molecule has 9 heteroatoms. The van der Waals surface area contributed by atoms with Gasteiger partial charge >= 0.3 is 6.09 Å². The van der Waals surface area contributed by atoms with Crippen LogP contribution in [0.2, 0.25) is 0 Å². The monoisotopic (exact) mass is 464 g/mol. The quantitative estimate of drug-likeness (QED) is 0.593. The number of ether oxygens (including phenoxy) is 2. The van der Waals surface area contributed by atoms with Gasteiger partial charge in [0.15, 0.2) is 0 Å². The molecule has 2 aromatic carbocycles. The van der Waals surface area contributed by atoms with Crippen LogP contribution in [0.4, 0.5) is 10.7 Å². The molecule has 3 aromatic rings. The fourth-order valence-corrected chi connectivity index (χ4v) is 4.37. The highest BCUT2D eigenvalue weighted by Gasteiger charge is 2.34. The average Bonchev–Trinajstić information content (AvgIpc) is 3.19. The van der Waals surface area contributed by atoms with Gasteiger partial charge in [-0.15, -0.1) is 0 Å². The molecule has 3 atom stereocenters. The van der Waals surface area contributed by atoms with Gasteiger partial charge in [-0.2, -0.15) is 4.98 Å². The van der Waals surface area contributed by atoms with Crippen LogP contribution in [0.3, 0.4) is 0 Å². The number of fused-ring (bicyclic) bond motifs is 1. The van der Waals surface area contributed by atoms with Crippen LogP contribution in [0, 0.1) is 0 Å². The number of hydrogen-bond acceptors (Lipinski definition) is 8. The molecule has 9 nitrogen and oxygen atoms in total. The summed E-state index contributed by atoms with van der Waals surface area (Å²) in [7, 11) is 0. The van der Waals surface area contributed by atoms with Crippen LogP contribution in [-0.2, 0) is 11.3 Å². The van der Waals surface area contributed by atoms with Gasteiger partial charge in [-0.05, 0) is 17.7 Å². The lowest BCUT2D eigenvalue weighted by Crippen LogP contribution is -2.49. The first kappa shape index (κ1) is 22.4. The zero-order chi connectivity index (χ0) is 23.5. The number of hydrogen-bond donors (Lipinski definition) is 2. The van der Waals surface area contributed by atoms with Crippen LogP contribution >= 0.6 is 0 Å². The van der Waals surface area contributed by atoms with E-state index in [4.69, 9.17) is 14.5 Å². The maximum Gasteiger partial charge on any atom is 0.410 e. The summed E-state index contributed by atoms with van der Waals surface area (Å²) in [6.07, 6.45) is -1.49. The molecule has 0 radical (unpaired) electrons. The summed E-state index contributed by atoms with van der Waals surface area (Å²) >= 11 is 0. The predicted molar refractivity (Wildman–Crippen MR) is 126 cm³/mol. The lowest BCUT2D eigenvalue weighted by atomic mass is 10.2. The Morgan fingerprint density at radius 3 is 2.32 bits per heavy atom. The van der Waals surface area contributed by atoms with E-state index in [-0.39, 0.29) is 18.8 Å². The normalized spacial score (nSPS) is 22.7. The van der Waals surface area contributed by atoms with Crippen molar-refractivity contribution in [2.75, 3.05) is 31.1 Å². The van der Waals surface area contributed by atoms with Crippen molar-refractivity contribution in [2.24, 2.45) is 0 Å². The lowest BCUT2D eigenvalue weighted by molar-refractivity contribution is 0.0438. The minimum Gasteiger partial charge on any atom is -0.474 e. The van der Waals surface area contributed by atoms with Gasteiger partial charge in [-0.3, -0.25) is 0 Å². The number of carbonyl (C=O) groups is 1. The maximum atomic E-state index is 12.5. The van der Waals surface area contributed by atoms with Gasteiger partial charge in [0.25, 0.3) is 0 Å². The second-order valence-corrected chi connectivity index (χ2v) is 8.71. The SMILES string of the molecule is O=C(OCc1ccccc1)N1CCN(c2nc(O[C@H]3C[C@@H](O)[C@@H](O)C3)c3ccccc3n2)CC1. The highest BCUT2D eigenvalue weighted by molar-refractivity contribution is 5.84. The van der Waals surface area contributed by atoms with Crippen molar-refractivity contribution in [3.63, 3.8) is 0 Å². The number of benzene rings is 2. The molecular formula is C25H28N4O5. The van der Waals surface area contributed by atoms with Gasteiger partial charge < -0.3 is 29.5 Å². The molecular weight excluding hydrogens is 436 g/mol. The van der Waals surface area contributed by atoms with E-state index in [2.05, 4.69) is 4.98 Å². The minimum absolute atomic E-state index is 0.249. The van der Waals surface area contributed by atoms with E-state index in [1.165, 1.54) is 0 Å². The molecule has 1 saturated heterocycles. The molecule has 5 rings (SSSR count). The molecule has 34 heavy (non-hydrogen) atoms. The molecule has 1 amide bonds. The van der Waals surface area contributed by atoms with Crippen LogP contribution in [-0.4, -0.2) is 75.7 Å². The number of aromatic nitrogens is 2. The standard InChI is InChI=1S/C25H28N4O5/c30-21-14-18(15-22(21)31)34-23-19-8-4-5-9-20(19)26-24(27-23)28-10-12-29(13-11-28)25(32)33-16-17-6-2-1-3-7-17/h1-9,18,21-22,30-31H,10-16H2/t18-,21+,22-. The summed E-state index contributed by atoms with van der Waals surface area (Å²) in [6, 6.07) is 17.2. The zero-order valence-electron chi connectivity index (χ0n) is 18.8. The van der Waals surface area contributed by atoms with Crippen molar-refractivity contribution in [3.05, 3.63) is 60.2 Å². The number of aliphatic hydroxyl groups is 2. The summed E-state index contributed by atoms with van der Waals surface area (Å²) in [5.74, 6) is 0.974. The van der Waals surface area contributed by atoms with E-state index in [9.17, 15) is 15.0 Å². The number of piperazine rings is 1. The van der Waals surface area contributed by atoms with E-state index in [1.54, 1.807) is 4.90 Å². The third kappa shape index (κ3) is 4.90. The molecule has 2 fully saturated rings. The van der Waals surface area contributed by atoms with Gasteiger partial charge in [0.1, 0.15) is 12.7 Å². The van der Waals surface area contributed by atoms with Gasteiger partial charge in [-0.25, -0.2) is 9.78 Å².